The minimum Gasteiger partial charge on any atom is -0.478 e. The summed E-state index contributed by atoms with van der Waals surface area (Å²) in [5.41, 5.74) is 0. The predicted octanol–water partition coefficient (Wildman–Crippen LogP) is 1.63. The monoisotopic (exact) mass is 217 g/mol. The highest BCUT2D eigenvalue weighted by atomic mass is 16.7. The van der Waals surface area contributed by atoms with Crippen molar-refractivity contribution in [2.24, 2.45) is 5.90 Å². The molecule has 0 unspecified atom stereocenters. The molecule has 0 saturated heterocycles. The average molecular weight is 217 g/mol. The molecule has 0 amide bonds. The van der Waals surface area contributed by atoms with Gasteiger partial charge < -0.3 is 9.94 Å². The van der Waals surface area contributed by atoms with Crippen LogP contribution in [0.25, 0.3) is 0 Å². The second kappa shape index (κ2) is 12.6. The van der Waals surface area contributed by atoms with Gasteiger partial charge in [0.1, 0.15) is 0 Å². The van der Waals surface area contributed by atoms with Crippen LogP contribution in [0.15, 0.2) is 12.7 Å². The second-order valence-corrected chi connectivity index (χ2v) is 2.84. The number of hydrogen-bond donors (Lipinski definition) is 2. The fourth-order valence-electron chi connectivity index (χ4n) is 0.755. The van der Waals surface area contributed by atoms with E-state index in [2.05, 4.69) is 24.2 Å². The Morgan fingerprint density at radius 3 is 2.27 bits per heavy atom. The highest BCUT2D eigenvalue weighted by Gasteiger charge is 1.98. The van der Waals surface area contributed by atoms with Crippen LogP contribution in [0.3, 0.4) is 0 Å². The normalized spacial score (nSPS) is 8.40. The molecule has 0 spiro atoms. The van der Waals surface area contributed by atoms with Gasteiger partial charge in [-0.3, -0.25) is 4.79 Å². The van der Waals surface area contributed by atoms with Crippen LogP contribution in [0.2, 0.25) is 0 Å². The molecule has 15 heavy (non-hydrogen) atoms. The quantitative estimate of drug-likeness (QED) is 0.401. The Morgan fingerprint density at radius 1 is 1.40 bits per heavy atom. The largest absolute Gasteiger partial charge is 0.478 e. The van der Waals surface area contributed by atoms with E-state index in [0.29, 0.717) is 6.42 Å². The van der Waals surface area contributed by atoms with Gasteiger partial charge in [-0.05, 0) is 6.42 Å². The molecule has 0 radical (unpaired) electrons. The molecule has 0 fully saturated rings. The molecule has 0 aliphatic rings. The number of carboxylic acids is 1. The third-order valence-electron chi connectivity index (χ3n) is 1.54. The zero-order chi connectivity index (χ0) is 12.1. The average Bonchev–Trinajstić information content (AvgIpc) is 2.24. The second-order valence-electron chi connectivity index (χ2n) is 2.84. The molecule has 0 atom stereocenters. The van der Waals surface area contributed by atoms with Gasteiger partial charge in [-0.25, -0.2) is 4.79 Å². The molecule has 3 N–H and O–H groups in total. The highest BCUT2D eigenvalue weighted by molar-refractivity contribution is 5.78. The summed E-state index contributed by atoms with van der Waals surface area (Å²) in [6.07, 6.45) is 5.63. The predicted molar refractivity (Wildman–Crippen MR) is 56.9 cm³/mol. The number of hydrogen-bond acceptors (Lipinski definition) is 4. The van der Waals surface area contributed by atoms with E-state index in [0.717, 1.165) is 18.9 Å². The van der Waals surface area contributed by atoms with Gasteiger partial charge in [0.2, 0.25) is 0 Å². The Kier molecular flexibility index (Phi) is 13.6. The van der Waals surface area contributed by atoms with Crippen LogP contribution in [0.4, 0.5) is 0 Å². The fraction of sp³-hybridized carbons (Fsp3) is 0.600. The van der Waals surface area contributed by atoms with E-state index in [-0.39, 0.29) is 5.97 Å². The maximum Gasteiger partial charge on any atom is 0.327 e. The standard InChI is InChI=1S/C7H15NO2.C3H4O2/c1-2-3-4-5-6-7(9)10-8;1-2-3(4)5/h2-6,8H2,1H3;2H,1H2,(H,4,5). The third kappa shape index (κ3) is 19.2. The van der Waals surface area contributed by atoms with Crippen molar-refractivity contribution in [1.29, 1.82) is 0 Å². The first-order valence-electron chi connectivity index (χ1n) is 4.83. The highest BCUT2D eigenvalue weighted by Crippen LogP contribution is 2.02. The van der Waals surface area contributed by atoms with Crippen LogP contribution in [0.1, 0.15) is 39.0 Å². The van der Waals surface area contributed by atoms with Gasteiger partial charge in [0.25, 0.3) is 0 Å². The summed E-state index contributed by atoms with van der Waals surface area (Å²) in [5.74, 6) is 3.35. The van der Waals surface area contributed by atoms with Crippen molar-refractivity contribution in [3.05, 3.63) is 12.7 Å². The van der Waals surface area contributed by atoms with Gasteiger partial charge in [0, 0.05) is 12.5 Å². The van der Waals surface area contributed by atoms with Gasteiger partial charge in [-0.2, -0.15) is 5.90 Å². The SMILES string of the molecule is C=CC(=O)O.CCCCCCC(=O)ON. The Morgan fingerprint density at radius 2 is 1.93 bits per heavy atom. The molecular formula is C10H19NO4. The van der Waals surface area contributed by atoms with Crippen molar-refractivity contribution in [2.75, 3.05) is 0 Å². The summed E-state index contributed by atoms with van der Waals surface area (Å²) in [7, 11) is 0. The van der Waals surface area contributed by atoms with Gasteiger partial charge in [-0.1, -0.05) is 32.8 Å². The molecule has 5 nitrogen and oxygen atoms in total. The van der Waals surface area contributed by atoms with Crippen molar-refractivity contribution in [1.82, 2.24) is 0 Å². The fourth-order valence-corrected chi connectivity index (χ4v) is 0.755. The molecule has 0 aromatic carbocycles. The van der Waals surface area contributed by atoms with Gasteiger partial charge in [-0.15, -0.1) is 0 Å². The van der Waals surface area contributed by atoms with Gasteiger partial charge in [0.15, 0.2) is 0 Å². The molecule has 5 heteroatoms. The van der Waals surface area contributed by atoms with Crippen molar-refractivity contribution in [3.63, 3.8) is 0 Å². The Labute approximate surface area is 89.9 Å². The molecule has 0 saturated carbocycles. The van der Waals surface area contributed by atoms with Crippen LogP contribution < -0.4 is 5.90 Å². The summed E-state index contributed by atoms with van der Waals surface area (Å²) >= 11 is 0. The van der Waals surface area contributed by atoms with E-state index in [1.807, 2.05) is 0 Å². The summed E-state index contributed by atoms with van der Waals surface area (Å²) in [4.78, 5) is 23.7. The van der Waals surface area contributed by atoms with Crippen LogP contribution in [-0.2, 0) is 14.4 Å². The number of carbonyl (C=O) groups excluding carboxylic acids is 1. The van der Waals surface area contributed by atoms with Gasteiger partial charge in [0.05, 0.1) is 0 Å². The first-order valence-corrected chi connectivity index (χ1v) is 4.83. The molecule has 0 heterocycles. The molecule has 0 aromatic heterocycles. The lowest BCUT2D eigenvalue weighted by atomic mass is 10.2. The zero-order valence-electron chi connectivity index (χ0n) is 9.07. The summed E-state index contributed by atoms with van der Waals surface area (Å²) in [6, 6.07) is 0. The topological polar surface area (TPSA) is 89.6 Å². The third-order valence-corrected chi connectivity index (χ3v) is 1.54. The van der Waals surface area contributed by atoms with Gasteiger partial charge >= 0.3 is 11.9 Å². The van der Waals surface area contributed by atoms with E-state index in [9.17, 15) is 9.59 Å². The Balaban J connectivity index is 0. The van der Waals surface area contributed by atoms with Crippen LogP contribution in [-0.4, -0.2) is 17.0 Å². The van der Waals surface area contributed by atoms with Crippen molar-refractivity contribution >= 4 is 11.9 Å². The number of carbonyl (C=O) groups is 2. The van der Waals surface area contributed by atoms with Crippen molar-refractivity contribution in [2.45, 2.75) is 39.0 Å². The Hall–Kier alpha value is -1.36. The van der Waals surface area contributed by atoms with E-state index in [4.69, 9.17) is 5.11 Å². The van der Waals surface area contributed by atoms with Crippen LogP contribution in [0, 0.1) is 0 Å². The maximum atomic E-state index is 10.4. The van der Waals surface area contributed by atoms with Crippen LogP contribution >= 0.6 is 0 Å². The van der Waals surface area contributed by atoms with E-state index in [1.165, 1.54) is 12.8 Å². The lowest BCUT2D eigenvalue weighted by Gasteiger charge is -1.96. The summed E-state index contributed by atoms with van der Waals surface area (Å²) in [6.45, 7) is 5.09. The van der Waals surface area contributed by atoms with Crippen LogP contribution in [0.5, 0.6) is 0 Å². The number of unbranched alkanes of at least 4 members (excludes halogenated alkanes) is 3. The van der Waals surface area contributed by atoms with Crippen molar-refractivity contribution in [3.8, 4) is 0 Å². The molecule has 0 aliphatic carbocycles. The molecule has 0 aromatic rings. The van der Waals surface area contributed by atoms with Crippen molar-refractivity contribution < 1.29 is 19.5 Å². The minimum absolute atomic E-state index is 0.309. The number of carboxylic acid groups (broad SMARTS) is 1. The molecule has 88 valence electrons. The molecular weight excluding hydrogens is 198 g/mol. The van der Waals surface area contributed by atoms with E-state index in [1.54, 1.807) is 0 Å². The smallest absolute Gasteiger partial charge is 0.327 e. The summed E-state index contributed by atoms with van der Waals surface area (Å²) < 4.78 is 0. The first kappa shape index (κ1) is 16.1. The number of nitrogens with two attached hydrogens (primary N) is 1. The van der Waals surface area contributed by atoms with E-state index >= 15 is 0 Å². The Bertz CT molecular complexity index is 192. The summed E-state index contributed by atoms with van der Waals surface area (Å²) in [5, 5.41) is 7.60. The number of rotatable bonds is 6. The lowest BCUT2D eigenvalue weighted by Crippen LogP contribution is -2.08. The molecule has 0 rings (SSSR count). The minimum atomic E-state index is -0.981. The maximum absolute atomic E-state index is 10.4. The molecule has 0 aliphatic heterocycles. The lowest BCUT2D eigenvalue weighted by molar-refractivity contribution is -0.144. The molecule has 0 bridgehead atoms. The zero-order valence-corrected chi connectivity index (χ0v) is 9.07. The first-order chi connectivity index (χ1) is 7.08. The van der Waals surface area contributed by atoms with E-state index < -0.39 is 5.97 Å². The number of aliphatic carboxylic acids is 1.